The van der Waals surface area contributed by atoms with E-state index in [-0.39, 0.29) is 18.6 Å². The Kier molecular flexibility index (Phi) is 4.18. The van der Waals surface area contributed by atoms with Crippen LogP contribution < -0.4 is 5.32 Å². The molecule has 2 aromatic rings. The highest BCUT2D eigenvalue weighted by atomic mass is 16.4. The van der Waals surface area contributed by atoms with Gasteiger partial charge in [-0.2, -0.15) is 5.10 Å². The number of hydrogen-bond donors (Lipinski definition) is 3. The molecule has 0 bridgehead atoms. The highest BCUT2D eigenvalue weighted by molar-refractivity contribution is 5.99. The van der Waals surface area contributed by atoms with E-state index in [1.54, 1.807) is 24.7 Å². The van der Waals surface area contributed by atoms with E-state index in [4.69, 9.17) is 10.2 Å². The van der Waals surface area contributed by atoms with Crippen LogP contribution in [0.3, 0.4) is 0 Å². The third-order valence-electron chi connectivity index (χ3n) is 3.15. The predicted molar refractivity (Wildman–Crippen MR) is 73.8 cm³/mol. The molecule has 2 heterocycles. The molecule has 0 aliphatic heterocycles. The van der Waals surface area contributed by atoms with Gasteiger partial charge in [-0.05, 0) is 13.0 Å². The molecular formula is C13H16N4O4. The number of hydrogen-bond acceptors (Lipinski definition) is 5. The maximum absolute atomic E-state index is 12.1. The second-order valence-corrected chi connectivity index (χ2v) is 4.68. The van der Waals surface area contributed by atoms with Crippen molar-refractivity contribution in [1.29, 1.82) is 0 Å². The summed E-state index contributed by atoms with van der Waals surface area (Å²) in [5, 5.41) is 25.1. The van der Waals surface area contributed by atoms with Crippen LogP contribution in [0, 0.1) is 6.92 Å². The number of carbonyl (C=O) groups excluding carboxylic acids is 1. The van der Waals surface area contributed by atoms with Crippen molar-refractivity contribution in [3.63, 3.8) is 0 Å². The van der Waals surface area contributed by atoms with Crippen LogP contribution in [0.5, 0.6) is 0 Å². The second kappa shape index (κ2) is 5.88. The van der Waals surface area contributed by atoms with Crippen LogP contribution in [-0.4, -0.2) is 49.5 Å². The Morgan fingerprint density at radius 3 is 2.81 bits per heavy atom. The maximum atomic E-state index is 12.1. The van der Waals surface area contributed by atoms with Crippen molar-refractivity contribution >= 4 is 22.9 Å². The molecule has 2 rings (SSSR count). The number of carboxylic acid groups (broad SMARTS) is 1. The molecule has 0 aliphatic rings. The van der Waals surface area contributed by atoms with Crippen molar-refractivity contribution in [2.75, 3.05) is 6.61 Å². The molecule has 1 atom stereocenters. The van der Waals surface area contributed by atoms with Gasteiger partial charge in [-0.1, -0.05) is 0 Å². The number of carbonyl (C=O) groups is 2. The fourth-order valence-corrected chi connectivity index (χ4v) is 2.06. The van der Waals surface area contributed by atoms with Gasteiger partial charge in [-0.15, -0.1) is 0 Å². The molecular weight excluding hydrogens is 276 g/mol. The highest BCUT2D eigenvalue weighted by Crippen LogP contribution is 2.16. The van der Waals surface area contributed by atoms with E-state index in [1.165, 1.54) is 6.20 Å². The predicted octanol–water partition coefficient (Wildman–Crippen LogP) is -0.158. The molecule has 1 amide bonds. The second-order valence-electron chi connectivity index (χ2n) is 4.68. The third-order valence-corrected chi connectivity index (χ3v) is 3.15. The van der Waals surface area contributed by atoms with E-state index < -0.39 is 17.9 Å². The fraction of sp³-hybridized carbons (Fsp3) is 0.385. The van der Waals surface area contributed by atoms with Crippen LogP contribution in [0.2, 0.25) is 0 Å². The summed E-state index contributed by atoms with van der Waals surface area (Å²) >= 11 is 0. The molecule has 0 radical (unpaired) electrons. The molecule has 0 unspecified atom stereocenters. The van der Waals surface area contributed by atoms with Gasteiger partial charge in [0, 0.05) is 31.7 Å². The Bertz CT molecular complexity index is 695. The first-order valence-electron chi connectivity index (χ1n) is 6.38. The minimum absolute atomic E-state index is 0.0529. The number of aliphatic hydroxyl groups is 1. The average molecular weight is 292 g/mol. The van der Waals surface area contributed by atoms with Crippen molar-refractivity contribution in [3.05, 3.63) is 23.5 Å². The van der Waals surface area contributed by atoms with Crippen molar-refractivity contribution < 1.29 is 19.8 Å². The molecule has 0 saturated heterocycles. The lowest BCUT2D eigenvalue weighted by Gasteiger charge is -2.13. The normalized spacial score (nSPS) is 12.3. The number of pyridine rings is 1. The first-order chi connectivity index (χ1) is 9.93. The summed E-state index contributed by atoms with van der Waals surface area (Å²) in [5.41, 5.74) is 1.64. The number of nitrogens with one attached hydrogen (secondary N) is 1. The van der Waals surface area contributed by atoms with Crippen LogP contribution in [-0.2, 0) is 11.8 Å². The van der Waals surface area contributed by atoms with E-state index in [0.717, 1.165) is 11.1 Å². The van der Waals surface area contributed by atoms with E-state index in [9.17, 15) is 9.59 Å². The Labute approximate surface area is 120 Å². The van der Waals surface area contributed by atoms with Crippen molar-refractivity contribution in [2.45, 2.75) is 19.4 Å². The number of aromatic nitrogens is 3. The molecule has 2 aromatic heterocycles. The summed E-state index contributed by atoms with van der Waals surface area (Å²) in [7, 11) is 1.75. The van der Waals surface area contributed by atoms with Gasteiger partial charge in [0.2, 0.25) is 0 Å². The summed E-state index contributed by atoms with van der Waals surface area (Å²) in [6.07, 6.45) is 1.32. The van der Waals surface area contributed by atoms with E-state index in [1.807, 2.05) is 0 Å². The first kappa shape index (κ1) is 14.9. The lowest BCUT2D eigenvalue weighted by Crippen LogP contribution is -2.41. The number of amides is 1. The van der Waals surface area contributed by atoms with Gasteiger partial charge in [0.05, 0.1) is 11.3 Å². The number of aliphatic hydroxyl groups excluding tert-OH is 1. The fourth-order valence-electron chi connectivity index (χ4n) is 2.06. The lowest BCUT2D eigenvalue weighted by atomic mass is 10.1. The van der Waals surface area contributed by atoms with Gasteiger partial charge >= 0.3 is 5.97 Å². The zero-order valence-corrected chi connectivity index (χ0v) is 11.7. The molecule has 21 heavy (non-hydrogen) atoms. The maximum Gasteiger partial charge on any atom is 0.326 e. The van der Waals surface area contributed by atoms with Crippen LogP contribution in [0.4, 0.5) is 0 Å². The number of nitrogens with zero attached hydrogens (tertiary/aromatic N) is 3. The Morgan fingerprint density at radius 1 is 1.48 bits per heavy atom. The Balaban J connectivity index is 2.27. The largest absolute Gasteiger partial charge is 0.480 e. The number of carboxylic acids is 1. The first-order valence-corrected chi connectivity index (χ1v) is 6.38. The number of fused-ring (bicyclic) bond motifs is 1. The van der Waals surface area contributed by atoms with Crippen molar-refractivity contribution in [2.24, 2.45) is 7.05 Å². The highest BCUT2D eigenvalue weighted by Gasteiger charge is 2.20. The third kappa shape index (κ3) is 3.00. The van der Waals surface area contributed by atoms with Gasteiger partial charge in [-0.3, -0.25) is 9.48 Å². The number of aryl methyl sites for hydroxylation is 2. The monoisotopic (exact) mass is 292 g/mol. The van der Waals surface area contributed by atoms with E-state index >= 15 is 0 Å². The zero-order valence-electron chi connectivity index (χ0n) is 11.7. The minimum atomic E-state index is -1.19. The quantitative estimate of drug-likeness (QED) is 0.705. The van der Waals surface area contributed by atoms with Gasteiger partial charge in [-0.25, -0.2) is 9.78 Å². The average Bonchev–Trinajstić information content (AvgIpc) is 2.73. The van der Waals surface area contributed by atoms with E-state index in [2.05, 4.69) is 15.4 Å². The standard InChI is InChI=1S/C13H16N4O4/c1-7-9-5-8(6-14-11(9)17(2)16-7)12(19)15-10(3-4-18)13(20)21/h5-6,10,18H,3-4H2,1-2H3,(H,15,19)(H,20,21)/t10-/m1/s1. The molecule has 8 nitrogen and oxygen atoms in total. The number of rotatable bonds is 5. The summed E-state index contributed by atoms with van der Waals surface area (Å²) in [5.74, 6) is -1.74. The van der Waals surface area contributed by atoms with Crippen LogP contribution in [0.1, 0.15) is 22.5 Å². The number of aliphatic carboxylic acids is 1. The Hall–Kier alpha value is -2.48. The van der Waals surface area contributed by atoms with Gasteiger partial charge in [0.25, 0.3) is 5.91 Å². The van der Waals surface area contributed by atoms with Crippen molar-refractivity contribution in [3.8, 4) is 0 Å². The van der Waals surface area contributed by atoms with Crippen molar-refractivity contribution in [1.82, 2.24) is 20.1 Å². The minimum Gasteiger partial charge on any atom is -0.480 e. The Morgan fingerprint density at radius 2 is 2.19 bits per heavy atom. The van der Waals surface area contributed by atoms with Gasteiger partial charge in [0.15, 0.2) is 5.65 Å². The summed E-state index contributed by atoms with van der Waals surface area (Å²) < 4.78 is 1.61. The van der Waals surface area contributed by atoms with Crippen LogP contribution in [0.25, 0.3) is 11.0 Å². The molecule has 3 N–H and O–H groups in total. The summed E-state index contributed by atoms with van der Waals surface area (Å²) in [4.78, 5) is 27.2. The molecule has 0 saturated carbocycles. The lowest BCUT2D eigenvalue weighted by molar-refractivity contribution is -0.139. The summed E-state index contributed by atoms with van der Waals surface area (Å²) in [6, 6.07) is 0.492. The summed E-state index contributed by atoms with van der Waals surface area (Å²) in [6.45, 7) is 1.48. The molecule has 112 valence electrons. The molecule has 0 fully saturated rings. The van der Waals surface area contributed by atoms with E-state index in [0.29, 0.717) is 5.65 Å². The molecule has 0 spiro atoms. The molecule has 0 aliphatic carbocycles. The SMILES string of the molecule is Cc1nn(C)c2ncc(C(=O)N[C@H](CCO)C(=O)O)cc12. The van der Waals surface area contributed by atoms with Crippen LogP contribution >= 0.6 is 0 Å². The van der Waals surface area contributed by atoms with Gasteiger partial charge < -0.3 is 15.5 Å². The molecule has 0 aromatic carbocycles. The topological polar surface area (TPSA) is 117 Å². The van der Waals surface area contributed by atoms with Gasteiger partial charge in [0.1, 0.15) is 6.04 Å². The smallest absolute Gasteiger partial charge is 0.326 e. The molecule has 8 heteroatoms. The van der Waals surface area contributed by atoms with Crippen LogP contribution in [0.15, 0.2) is 12.3 Å². The zero-order chi connectivity index (χ0) is 15.6.